The first-order valence-corrected chi connectivity index (χ1v) is 30.1. The van der Waals surface area contributed by atoms with Crippen LogP contribution in [0.3, 0.4) is 0 Å². The molecule has 4 heterocycles. The first-order chi connectivity index (χ1) is 43.5. The Morgan fingerprint density at radius 2 is 0.522 bits per heavy atom. The van der Waals surface area contributed by atoms with Crippen molar-refractivity contribution in [2.45, 2.75) is 78.6 Å². The summed E-state index contributed by atoms with van der Waals surface area (Å²) in [5.41, 5.74) is 14.8. The van der Waals surface area contributed by atoms with Crippen molar-refractivity contribution in [2.75, 3.05) is 0 Å². The lowest BCUT2D eigenvalue weighted by molar-refractivity contribution is 0.580. The van der Waals surface area contributed by atoms with Crippen molar-refractivity contribution < 1.29 is 13.3 Å². The molecule has 0 aliphatic carbocycles. The third-order valence-electron chi connectivity index (χ3n) is 15.6. The average Bonchev–Trinajstić information content (AvgIpc) is 2.02. The number of benzene rings is 10. The van der Waals surface area contributed by atoms with Gasteiger partial charge in [0.2, 0.25) is 35.3 Å². The van der Waals surface area contributed by atoms with E-state index in [0.29, 0.717) is 35.3 Å². The number of rotatable bonds is 10. The zero-order chi connectivity index (χ0) is 62.4. The molecule has 12 nitrogen and oxygen atoms in total. The Balaban J connectivity index is 0.000000133. The highest BCUT2D eigenvalue weighted by atomic mass is 16.4. The van der Waals surface area contributed by atoms with Gasteiger partial charge >= 0.3 is 0 Å². The molecule has 14 aromatic rings. The third kappa shape index (κ3) is 13.4. The molecule has 0 aliphatic rings. The van der Waals surface area contributed by atoms with Gasteiger partial charge < -0.3 is 13.3 Å². The number of aromatic nitrogens is 9. The van der Waals surface area contributed by atoms with Crippen LogP contribution in [0.2, 0.25) is 0 Å². The van der Waals surface area contributed by atoms with E-state index in [1.807, 2.05) is 127 Å². The van der Waals surface area contributed by atoms with E-state index in [2.05, 4.69) is 235 Å². The summed E-state index contributed by atoms with van der Waals surface area (Å²) < 4.78 is 20.1. The van der Waals surface area contributed by atoms with Crippen LogP contribution in [-0.2, 0) is 16.2 Å². The van der Waals surface area contributed by atoms with E-state index >= 15 is 0 Å². The van der Waals surface area contributed by atoms with Crippen molar-refractivity contribution in [3.63, 3.8) is 0 Å². The van der Waals surface area contributed by atoms with Gasteiger partial charge in [0.15, 0.2) is 11.6 Å². The van der Waals surface area contributed by atoms with Gasteiger partial charge in [0.25, 0.3) is 0 Å². The van der Waals surface area contributed by atoms with Gasteiger partial charge in [-0.15, -0.1) is 40.8 Å². The molecule has 0 atom stereocenters. The largest absolute Gasteiger partial charge is 0.416 e. The van der Waals surface area contributed by atoms with Crippen molar-refractivity contribution in [3.05, 3.63) is 271 Å². The summed E-state index contributed by atoms with van der Waals surface area (Å²) in [6.45, 7) is 19.7. The Morgan fingerprint density at radius 1 is 0.244 bits per heavy atom. The van der Waals surface area contributed by atoms with Gasteiger partial charge in [-0.2, -0.15) is 0 Å². The van der Waals surface area contributed by atoms with Crippen molar-refractivity contribution in [2.24, 2.45) is 0 Å². The Hall–Kier alpha value is -11.0. The summed E-state index contributed by atoms with van der Waals surface area (Å²) in [6.07, 6.45) is 0. The maximum absolute atomic E-state index is 6.00. The topological polar surface area (TPSA) is 147 Å². The van der Waals surface area contributed by atoms with Gasteiger partial charge in [-0.3, -0.25) is 4.57 Å². The molecule has 0 saturated heterocycles. The second-order valence-electron chi connectivity index (χ2n) is 25.2. The van der Waals surface area contributed by atoms with Gasteiger partial charge in [0.1, 0.15) is 0 Å². The van der Waals surface area contributed by atoms with E-state index in [-0.39, 0.29) is 16.2 Å². The Kier molecular flexibility index (Phi) is 16.7. The molecule has 0 radical (unpaired) electrons. The fraction of sp³-hybridized carbons (Fsp3) is 0.154. The number of hydrogen-bond donors (Lipinski definition) is 0. The zero-order valence-electron chi connectivity index (χ0n) is 52.0. The summed E-state index contributed by atoms with van der Waals surface area (Å²) in [7, 11) is 0. The third-order valence-corrected chi connectivity index (χ3v) is 15.6. The molecular formula is C78H69N9O3. The molecular weight excluding hydrogens is 1110 g/mol. The summed E-state index contributed by atoms with van der Waals surface area (Å²) in [5, 5.41) is 37.0. The van der Waals surface area contributed by atoms with Crippen molar-refractivity contribution in [1.82, 2.24) is 45.4 Å². The highest BCUT2D eigenvalue weighted by Gasteiger charge is 2.22. The van der Waals surface area contributed by atoms with Gasteiger partial charge in [-0.1, -0.05) is 244 Å². The summed E-state index contributed by atoms with van der Waals surface area (Å²) in [6, 6.07) is 86.1. The van der Waals surface area contributed by atoms with Crippen molar-refractivity contribution in [1.29, 1.82) is 0 Å². The molecule has 0 bridgehead atoms. The van der Waals surface area contributed by atoms with Crippen LogP contribution in [0.5, 0.6) is 0 Å². The smallest absolute Gasteiger partial charge is 0.248 e. The predicted octanol–water partition coefficient (Wildman–Crippen LogP) is 19.8. The SMILES string of the molecule is CC(C)(C)c1ccc(-c2nnc(-c3ccc(-c4ccccc4)cc3)o2)cc1.CC(C)(C)c1ccc(-c2nnc(-c3cccc(-c4nnc(-c5ccc(C(C)(C)C)cc5)o4)c3)o2)cc1.c1ccc(-c2nnc(-c3ccccc3)n2-c2cccc3ccccc23)cc1. The van der Waals surface area contributed by atoms with Crippen LogP contribution >= 0.6 is 0 Å². The lowest BCUT2D eigenvalue weighted by Gasteiger charge is -2.18. The zero-order valence-corrected chi connectivity index (χ0v) is 52.0. The monoisotopic (exact) mass is 1180 g/mol. The van der Waals surface area contributed by atoms with E-state index in [0.717, 1.165) is 67.4 Å². The van der Waals surface area contributed by atoms with Gasteiger partial charge in [0, 0.05) is 49.9 Å². The Labute approximate surface area is 525 Å². The van der Waals surface area contributed by atoms with E-state index in [9.17, 15) is 0 Å². The number of hydrogen-bond acceptors (Lipinski definition) is 11. The van der Waals surface area contributed by atoms with Crippen LogP contribution in [0.1, 0.15) is 79.0 Å². The van der Waals surface area contributed by atoms with Crippen molar-refractivity contribution in [3.8, 4) is 108 Å². The molecule has 90 heavy (non-hydrogen) atoms. The molecule has 0 unspecified atom stereocenters. The second kappa shape index (κ2) is 25.4. The molecule has 12 heteroatoms. The van der Waals surface area contributed by atoms with Crippen LogP contribution in [-0.4, -0.2) is 45.4 Å². The molecule has 0 amide bonds. The van der Waals surface area contributed by atoms with E-state index in [4.69, 9.17) is 13.3 Å². The quantitative estimate of drug-likeness (QED) is 0.129. The summed E-state index contributed by atoms with van der Waals surface area (Å²) in [4.78, 5) is 0. The molecule has 444 valence electrons. The molecule has 0 fully saturated rings. The maximum Gasteiger partial charge on any atom is 0.248 e. The first-order valence-electron chi connectivity index (χ1n) is 30.1. The molecule has 0 spiro atoms. The summed E-state index contributed by atoms with van der Waals surface area (Å²) >= 11 is 0. The van der Waals surface area contributed by atoms with Crippen LogP contribution in [0.25, 0.3) is 119 Å². The highest BCUT2D eigenvalue weighted by Crippen LogP contribution is 2.35. The molecule has 0 N–H and O–H groups in total. The minimum Gasteiger partial charge on any atom is -0.416 e. The molecule has 0 aliphatic heterocycles. The highest BCUT2D eigenvalue weighted by molar-refractivity contribution is 5.91. The Morgan fingerprint density at radius 3 is 0.900 bits per heavy atom. The summed E-state index contributed by atoms with van der Waals surface area (Å²) in [5.74, 6) is 4.58. The lowest BCUT2D eigenvalue weighted by Crippen LogP contribution is -2.10. The number of nitrogens with zero attached hydrogens (tertiary/aromatic N) is 9. The van der Waals surface area contributed by atoms with Gasteiger partial charge in [0.05, 0.1) is 5.69 Å². The fourth-order valence-electron chi connectivity index (χ4n) is 10.4. The first kappa shape index (κ1) is 59.4. The lowest BCUT2D eigenvalue weighted by atomic mass is 9.87. The second-order valence-corrected chi connectivity index (χ2v) is 25.2. The molecule has 14 rings (SSSR count). The Bertz CT molecular complexity index is 4490. The molecule has 0 saturated carbocycles. The van der Waals surface area contributed by atoms with Crippen LogP contribution in [0.15, 0.2) is 268 Å². The molecule has 10 aromatic carbocycles. The minimum atomic E-state index is 0.0868. The van der Waals surface area contributed by atoms with Crippen LogP contribution < -0.4 is 0 Å². The predicted molar refractivity (Wildman–Crippen MR) is 360 cm³/mol. The van der Waals surface area contributed by atoms with Crippen molar-refractivity contribution >= 4 is 10.8 Å². The average molecular weight is 1180 g/mol. The maximum atomic E-state index is 6.00. The van der Waals surface area contributed by atoms with Crippen LogP contribution in [0.4, 0.5) is 0 Å². The van der Waals surface area contributed by atoms with Crippen LogP contribution in [0, 0.1) is 0 Å². The standard InChI is InChI=1S/C30H30N4O2.C24H17N3.C24H22N2O/c1-29(2,3)23-14-10-19(11-15-23)25-31-33-27(35-25)21-8-7-9-22(18-21)28-34-32-26(36-28)20-12-16-24(17-13-20)30(4,5)6;1-3-11-19(12-4-1)23-25-26-24(20-13-5-2-6-14-20)27(23)22-17-9-15-18-10-7-8-16-21(18)22;1-24(2,3)21-15-13-20(14-16-21)23-26-25-22(27-23)19-11-9-18(10-12-19)17-7-5-4-6-8-17/h7-18H,1-6H3;1-17H;4-16H,1-3H3. The van der Waals surface area contributed by atoms with E-state index in [1.54, 1.807) is 0 Å². The van der Waals surface area contributed by atoms with Gasteiger partial charge in [-0.25, -0.2) is 0 Å². The fourth-order valence-corrected chi connectivity index (χ4v) is 10.4. The van der Waals surface area contributed by atoms with E-state index < -0.39 is 0 Å². The molecule has 4 aromatic heterocycles. The normalized spacial score (nSPS) is 11.6. The van der Waals surface area contributed by atoms with Gasteiger partial charge in [-0.05, 0) is 122 Å². The minimum absolute atomic E-state index is 0.0868. The van der Waals surface area contributed by atoms with E-state index in [1.165, 1.54) is 33.0 Å². The number of fused-ring (bicyclic) bond motifs is 1.